The number of rotatable bonds is 8. The fourth-order valence-electron chi connectivity index (χ4n) is 2.93. The highest BCUT2D eigenvalue weighted by atomic mass is 16.5. The van der Waals surface area contributed by atoms with Gasteiger partial charge in [0, 0.05) is 19.1 Å². The predicted octanol–water partition coefficient (Wildman–Crippen LogP) is 3.41. The zero-order chi connectivity index (χ0) is 14.8. The molecular weight excluding hydrogens is 252 g/mol. The van der Waals surface area contributed by atoms with Gasteiger partial charge in [-0.05, 0) is 31.7 Å². The van der Waals surface area contributed by atoms with Crippen molar-refractivity contribution in [3.63, 3.8) is 0 Å². The Balaban J connectivity index is 2.13. The quantitative estimate of drug-likeness (QED) is 0.742. The van der Waals surface area contributed by atoms with Crippen LogP contribution in [0.3, 0.4) is 0 Å². The molecule has 1 heterocycles. The minimum Gasteiger partial charge on any atom is -0.453 e. The first-order valence-electron chi connectivity index (χ1n) is 8.27. The smallest absolute Gasteiger partial charge is 0.409 e. The summed E-state index contributed by atoms with van der Waals surface area (Å²) in [6.45, 7) is 7.31. The average molecular weight is 284 g/mol. The van der Waals surface area contributed by atoms with E-state index < -0.39 is 0 Å². The second-order valence-corrected chi connectivity index (χ2v) is 5.89. The van der Waals surface area contributed by atoms with Crippen molar-refractivity contribution in [2.45, 2.75) is 64.8 Å². The number of methoxy groups -OCH3 is 1. The molecule has 1 fully saturated rings. The van der Waals surface area contributed by atoms with Gasteiger partial charge in [0.2, 0.25) is 0 Å². The Hall–Kier alpha value is -0.770. The molecule has 118 valence electrons. The number of nitrogens with zero attached hydrogens (tertiary/aromatic N) is 1. The van der Waals surface area contributed by atoms with Crippen LogP contribution in [0.2, 0.25) is 0 Å². The summed E-state index contributed by atoms with van der Waals surface area (Å²) < 4.78 is 4.76. The molecule has 0 aromatic heterocycles. The maximum atomic E-state index is 11.4. The molecule has 1 atom stereocenters. The number of piperidine rings is 1. The predicted molar refractivity (Wildman–Crippen MR) is 82.9 cm³/mol. The van der Waals surface area contributed by atoms with E-state index in [0.717, 1.165) is 38.4 Å². The zero-order valence-corrected chi connectivity index (χ0v) is 13.5. The van der Waals surface area contributed by atoms with Crippen LogP contribution in [0.5, 0.6) is 0 Å². The van der Waals surface area contributed by atoms with E-state index in [4.69, 9.17) is 4.74 Å². The molecule has 0 bridgehead atoms. The van der Waals surface area contributed by atoms with Crippen LogP contribution in [-0.4, -0.2) is 43.8 Å². The highest BCUT2D eigenvalue weighted by Crippen LogP contribution is 2.17. The Morgan fingerprint density at radius 3 is 2.55 bits per heavy atom. The molecule has 1 N–H and O–H groups in total. The number of carbonyl (C=O) groups is 1. The Labute approximate surface area is 124 Å². The molecule has 1 amide bonds. The van der Waals surface area contributed by atoms with Crippen LogP contribution >= 0.6 is 0 Å². The standard InChI is InChI=1S/C16H32N2O2/c1-4-6-7-14(5-2)8-11-17-15-9-12-18(13-10-15)16(19)20-3/h14-15,17H,4-13H2,1-3H3. The van der Waals surface area contributed by atoms with Crippen LogP contribution < -0.4 is 5.32 Å². The summed E-state index contributed by atoms with van der Waals surface area (Å²) in [4.78, 5) is 13.2. The van der Waals surface area contributed by atoms with E-state index in [0.29, 0.717) is 6.04 Å². The van der Waals surface area contributed by atoms with Gasteiger partial charge in [-0.15, -0.1) is 0 Å². The number of ether oxygens (including phenoxy) is 1. The van der Waals surface area contributed by atoms with Crippen LogP contribution in [-0.2, 0) is 4.74 Å². The van der Waals surface area contributed by atoms with Gasteiger partial charge in [0.15, 0.2) is 0 Å². The maximum absolute atomic E-state index is 11.4. The summed E-state index contributed by atoms with van der Waals surface area (Å²) in [5, 5.41) is 3.66. The van der Waals surface area contributed by atoms with Crippen molar-refractivity contribution in [1.29, 1.82) is 0 Å². The molecule has 4 heteroatoms. The third-order valence-corrected chi connectivity index (χ3v) is 4.46. The summed E-state index contributed by atoms with van der Waals surface area (Å²) in [6, 6.07) is 0.569. The van der Waals surface area contributed by atoms with E-state index in [9.17, 15) is 4.79 Å². The first kappa shape index (κ1) is 17.3. The normalized spacial score (nSPS) is 18.1. The minimum atomic E-state index is -0.186. The van der Waals surface area contributed by atoms with Crippen molar-refractivity contribution in [3.8, 4) is 0 Å². The fraction of sp³-hybridized carbons (Fsp3) is 0.938. The number of amides is 1. The molecule has 0 aromatic rings. The van der Waals surface area contributed by atoms with Gasteiger partial charge in [-0.2, -0.15) is 0 Å². The van der Waals surface area contributed by atoms with E-state index in [1.807, 2.05) is 0 Å². The second-order valence-electron chi connectivity index (χ2n) is 5.89. The van der Waals surface area contributed by atoms with Gasteiger partial charge in [0.1, 0.15) is 0 Å². The molecule has 1 aliphatic heterocycles. The molecule has 1 unspecified atom stereocenters. The van der Waals surface area contributed by atoms with Crippen LogP contribution in [0.15, 0.2) is 0 Å². The largest absolute Gasteiger partial charge is 0.453 e. The molecule has 1 saturated heterocycles. The first-order valence-corrected chi connectivity index (χ1v) is 8.27. The first-order chi connectivity index (χ1) is 9.71. The van der Waals surface area contributed by atoms with Crippen molar-refractivity contribution >= 4 is 6.09 Å². The number of unbranched alkanes of at least 4 members (excludes halogenated alkanes) is 1. The van der Waals surface area contributed by atoms with Gasteiger partial charge in [-0.1, -0.05) is 39.5 Å². The van der Waals surface area contributed by atoms with Crippen LogP contribution in [0.4, 0.5) is 4.79 Å². The van der Waals surface area contributed by atoms with Crippen molar-refractivity contribution in [3.05, 3.63) is 0 Å². The van der Waals surface area contributed by atoms with Crippen molar-refractivity contribution < 1.29 is 9.53 Å². The topological polar surface area (TPSA) is 41.6 Å². The third kappa shape index (κ3) is 6.12. The monoisotopic (exact) mass is 284 g/mol. The lowest BCUT2D eigenvalue weighted by Gasteiger charge is -2.31. The average Bonchev–Trinajstić information content (AvgIpc) is 2.50. The summed E-state index contributed by atoms with van der Waals surface area (Å²) in [5.74, 6) is 0.873. The molecule has 0 radical (unpaired) electrons. The Morgan fingerprint density at radius 2 is 2.00 bits per heavy atom. The third-order valence-electron chi connectivity index (χ3n) is 4.46. The van der Waals surface area contributed by atoms with Gasteiger partial charge < -0.3 is 15.0 Å². The van der Waals surface area contributed by atoms with Gasteiger partial charge >= 0.3 is 6.09 Å². The van der Waals surface area contributed by atoms with Crippen molar-refractivity contribution in [2.75, 3.05) is 26.7 Å². The highest BCUT2D eigenvalue weighted by molar-refractivity contribution is 5.67. The number of hydrogen-bond acceptors (Lipinski definition) is 3. The second kappa shape index (κ2) is 10.0. The molecule has 1 rings (SSSR count). The van der Waals surface area contributed by atoms with E-state index in [2.05, 4.69) is 19.2 Å². The lowest BCUT2D eigenvalue weighted by Crippen LogP contribution is -2.45. The molecule has 20 heavy (non-hydrogen) atoms. The summed E-state index contributed by atoms with van der Waals surface area (Å²) >= 11 is 0. The van der Waals surface area contributed by atoms with Gasteiger partial charge in [0.05, 0.1) is 7.11 Å². The van der Waals surface area contributed by atoms with Crippen molar-refractivity contribution in [1.82, 2.24) is 10.2 Å². The minimum absolute atomic E-state index is 0.186. The van der Waals surface area contributed by atoms with Crippen LogP contribution in [0.1, 0.15) is 58.8 Å². The van der Waals surface area contributed by atoms with Crippen LogP contribution in [0, 0.1) is 5.92 Å². The van der Waals surface area contributed by atoms with Gasteiger partial charge in [0.25, 0.3) is 0 Å². The van der Waals surface area contributed by atoms with E-state index in [1.165, 1.54) is 39.2 Å². The van der Waals surface area contributed by atoms with E-state index >= 15 is 0 Å². The molecule has 4 nitrogen and oxygen atoms in total. The Bertz CT molecular complexity index is 263. The lowest BCUT2D eigenvalue weighted by molar-refractivity contribution is 0.109. The number of carbonyl (C=O) groups excluding carboxylic acids is 1. The number of likely N-dealkylation sites (tertiary alicyclic amines) is 1. The summed E-state index contributed by atoms with van der Waals surface area (Å²) in [5.41, 5.74) is 0. The highest BCUT2D eigenvalue weighted by Gasteiger charge is 2.22. The SMILES string of the molecule is CCCCC(CC)CCNC1CCN(C(=O)OC)CC1. The molecule has 0 aliphatic carbocycles. The Morgan fingerprint density at radius 1 is 1.30 bits per heavy atom. The fourth-order valence-corrected chi connectivity index (χ4v) is 2.93. The molecule has 0 aromatic carbocycles. The van der Waals surface area contributed by atoms with E-state index in [1.54, 1.807) is 4.90 Å². The maximum Gasteiger partial charge on any atom is 0.409 e. The van der Waals surface area contributed by atoms with Crippen molar-refractivity contribution in [2.24, 2.45) is 5.92 Å². The number of hydrogen-bond donors (Lipinski definition) is 1. The molecule has 1 aliphatic rings. The lowest BCUT2D eigenvalue weighted by atomic mass is 9.95. The molecular formula is C16H32N2O2. The molecule has 0 spiro atoms. The van der Waals surface area contributed by atoms with Crippen LogP contribution in [0.25, 0.3) is 0 Å². The van der Waals surface area contributed by atoms with Gasteiger partial charge in [-0.3, -0.25) is 0 Å². The van der Waals surface area contributed by atoms with E-state index in [-0.39, 0.29) is 6.09 Å². The van der Waals surface area contributed by atoms with Gasteiger partial charge in [-0.25, -0.2) is 4.79 Å². The zero-order valence-electron chi connectivity index (χ0n) is 13.5. The number of nitrogens with one attached hydrogen (secondary N) is 1. The Kier molecular flexibility index (Phi) is 8.67. The summed E-state index contributed by atoms with van der Waals surface area (Å²) in [7, 11) is 1.45. The molecule has 0 saturated carbocycles. The summed E-state index contributed by atoms with van der Waals surface area (Å²) in [6.07, 6.45) is 8.51.